The highest BCUT2D eigenvalue weighted by Gasteiger charge is 2.48. The molecule has 0 fully saturated rings. The maximum absolute atomic E-state index is 11.9. The number of unbranched alkanes of at least 4 members (excludes halogenated alkanes) is 1. The Balaban J connectivity index is 5.27. The molecule has 102 valence electrons. The van der Waals surface area contributed by atoms with Gasteiger partial charge in [-0.25, -0.2) is 9.59 Å². The zero-order valence-corrected chi connectivity index (χ0v) is 11.4. The van der Waals surface area contributed by atoms with Crippen LogP contribution in [0.4, 0.5) is 0 Å². The Morgan fingerprint density at radius 2 is 1.56 bits per heavy atom. The van der Waals surface area contributed by atoms with Crippen LogP contribution in [-0.4, -0.2) is 37.9 Å². The van der Waals surface area contributed by atoms with Gasteiger partial charge in [-0.15, -0.1) is 0 Å². The van der Waals surface area contributed by atoms with E-state index in [2.05, 4.69) is 11.8 Å². The van der Waals surface area contributed by atoms with Crippen molar-refractivity contribution < 1.29 is 23.8 Å². The molecule has 0 atom stereocenters. The zero-order valence-electron chi connectivity index (χ0n) is 11.4. The van der Waals surface area contributed by atoms with Crippen LogP contribution in [-0.2, 0) is 23.8 Å². The molecule has 0 amide bonds. The van der Waals surface area contributed by atoms with Gasteiger partial charge in [0.2, 0.25) is 0 Å². The van der Waals surface area contributed by atoms with E-state index in [1.54, 1.807) is 13.8 Å². The summed E-state index contributed by atoms with van der Waals surface area (Å²) in [5, 5.41) is 0. The first-order chi connectivity index (χ1) is 8.58. The van der Waals surface area contributed by atoms with Crippen LogP contribution in [0.15, 0.2) is 0 Å². The third kappa shape index (κ3) is 4.04. The molecule has 0 saturated heterocycles. The Bertz CT molecular complexity index is 319. The van der Waals surface area contributed by atoms with Crippen LogP contribution in [0.3, 0.4) is 0 Å². The van der Waals surface area contributed by atoms with E-state index in [1.807, 2.05) is 6.92 Å². The number of ether oxygens (including phenoxy) is 3. The van der Waals surface area contributed by atoms with Gasteiger partial charge >= 0.3 is 17.5 Å². The molecule has 5 heteroatoms. The molecule has 0 bridgehead atoms. The number of hydrogen-bond donors (Lipinski definition) is 0. The number of esters is 2. The molecule has 0 spiro atoms. The van der Waals surface area contributed by atoms with Gasteiger partial charge in [-0.3, -0.25) is 0 Å². The van der Waals surface area contributed by atoms with Crippen molar-refractivity contribution in [2.75, 3.05) is 20.3 Å². The molecular formula is C13H20O5. The minimum atomic E-state index is -1.97. The Labute approximate surface area is 108 Å². The summed E-state index contributed by atoms with van der Waals surface area (Å²) in [6, 6.07) is 0. The Hall–Kier alpha value is -1.54. The lowest BCUT2D eigenvalue weighted by Crippen LogP contribution is -2.49. The van der Waals surface area contributed by atoms with Crippen molar-refractivity contribution in [2.45, 2.75) is 39.2 Å². The quantitative estimate of drug-likeness (QED) is 0.407. The van der Waals surface area contributed by atoms with Crippen LogP contribution >= 0.6 is 0 Å². The Morgan fingerprint density at radius 3 is 1.89 bits per heavy atom. The first-order valence-corrected chi connectivity index (χ1v) is 5.98. The average Bonchev–Trinajstić information content (AvgIpc) is 2.35. The third-order valence-corrected chi connectivity index (χ3v) is 2.07. The molecule has 0 saturated carbocycles. The standard InChI is InChI=1S/C13H20O5/c1-5-8-9-10-13(16-4,11(14)17-6-2)12(15)18-7-3/h5-8H2,1-4H3. The van der Waals surface area contributed by atoms with Gasteiger partial charge in [0.15, 0.2) is 0 Å². The molecule has 0 aromatic rings. The number of rotatable bonds is 6. The summed E-state index contributed by atoms with van der Waals surface area (Å²) in [7, 11) is 1.23. The summed E-state index contributed by atoms with van der Waals surface area (Å²) in [5.41, 5.74) is -1.97. The Morgan fingerprint density at radius 1 is 1.06 bits per heavy atom. The molecule has 0 rings (SSSR count). The number of hydrogen-bond acceptors (Lipinski definition) is 5. The van der Waals surface area contributed by atoms with E-state index in [4.69, 9.17) is 14.2 Å². The highest BCUT2D eigenvalue weighted by molar-refractivity contribution is 6.07. The van der Waals surface area contributed by atoms with Crippen molar-refractivity contribution in [1.82, 2.24) is 0 Å². The monoisotopic (exact) mass is 256 g/mol. The summed E-state index contributed by atoms with van der Waals surface area (Å²) in [6.07, 6.45) is 1.38. The predicted octanol–water partition coefficient (Wildman–Crippen LogP) is 1.30. The fourth-order valence-electron chi connectivity index (χ4n) is 1.18. The Kier molecular flexibility index (Phi) is 7.81. The molecule has 0 aliphatic carbocycles. The predicted molar refractivity (Wildman–Crippen MR) is 65.7 cm³/mol. The second kappa shape index (κ2) is 8.54. The molecule has 18 heavy (non-hydrogen) atoms. The molecule has 0 aliphatic heterocycles. The van der Waals surface area contributed by atoms with Gasteiger partial charge in [0.05, 0.1) is 13.2 Å². The van der Waals surface area contributed by atoms with Crippen molar-refractivity contribution in [1.29, 1.82) is 0 Å². The van der Waals surface area contributed by atoms with Crippen LogP contribution in [0.1, 0.15) is 33.6 Å². The van der Waals surface area contributed by atoms with Gasteiger partial charge in [0.25, 0.3) is 0 Å². The summed E-state index contributed by atoms with van der Waals surface area (Å²) in [4.78, 5) is 23.7. The fourth-order valence-corrected chi connectivity index (χ4v) is 1.18. The van der Waals surface area contributed by atoms with Crippen molar-refractivity contribution in [2.24, 2.45) is 0 Å². The first-order valence-electron chi connectivity index (χ1n) is 5.98. The van der Waals surface area contributed by atoms with Crippen LogP contribution in [0, 0.1) is 11.8 Å². The molecule has 0 N–H and O–H groups in total. The van der Waals surface area contributed by atoms with Crippen molar-refractivity contribution >= 4 is 11.9 Å². The molecule has 0 aromatic carbocycles. The minimum Gasteiger partial charge on any atom is -0.463 e. The third-order valence-electron chi connectivity index (χ3n) is 2.07. The van der Waals surface area contributed by atoms with Crippen molar-refractivity contribution in [3.8, 4) is 11.8 Å². The van der Waals surface area contributed by atoms with Crippen molar-refractivity contribution in [3.05, 3.63) is 0 Å². The second-order valence-electron chi connectivity index (χ2n) is 3.38. The van der Waals surface area contributed by atoms with Gasteiger partial charge in [0.1, 0.15) is 0 Å². The van der Waals surface area contributed by atoms with Crippen LogP contribution in [0.5, 0.6) is 0 Å². The van der Waals surface area contributed by atoms with E-state index in [0.29, 0.717) is 6.42 Å². The van der Waals surface area contributed by atoms with Crippen molar-refractivity contribution in [3.63, 3.8) is 0 Å². The number of carbonyl (C=O) groups excluding carboxylic acids is 2. The molecule has 0 aromatic heterocycles. The number of methoxy groups -OCH3 is 1. The van der Waals surface area contributed by atoms with Gasteiger partial charge in [-0.05, 0) is 26.2 Å². The topological polar surface area (TPSA) is 61.8 Å². The molecule has 5 nitrogen and oxygen atoms in total. The normalized spacial score (nSPS) is 10.2. The maximum Gasteiger partial charge on any atom is 0.363 e. The van der Waals surface area contributed by atoms with E-state index in [9.17, 15) is 9.59 Å². The first kappa shape index (κ1) is 16.5. The second-order valence-corrected chi connectivity index (χ2v) is 3.38. The largest absolute Gasteiger partial charge is 0.463 e. The number of carbonyl (C=O) groups is 2. The van der Waals surface area contributed by atoms with Gasteiger partial charge in [-0.2, -0.15) is 0 Å². The lowest BCUT2D eigenvalue weighted by Gasteiger charge is -2.22. The summed E-state index contributed by atoms with van der Waals surface area (Å²) in [6.45, 7) is 5.50. The van der Waals surface area contributed by atoms with E-state index in [0.717, 1.165) is 6.42 Å². The smallest absolute Gasteiger partial charge is 0.363 e. The SMILES string of the molecule is CCCC#CC(OC)(C(=O)OCC)C(=O)OCC. The van der Waals surface area contributed by atoms with Gasteiger partial charge < -0.3 is 14.2 Å². The lowest BCUT2D eigenvalue weighted by molar-refractivity contribution is -0.179. The lowest BCUT2D eigenvalue weighted by atomic mass is 10.0. The highest BCUT2D eigenvalue weighted by Crippen LogP contribution is 2.15. The molecule has 0 radical (unpaired) electrons. The summed E-state index contributed by atoms with van der Waals surface area (Å²) >= 11 is 0. The fraction of sp³-hybridized carbons (Fsp3) is 0.692. The van der Waals surface area contributed by atoms with Crippen LogP contribution in [0.2, 0.25) is 0 Å². The average molecular weight is 256 g/mol. The highest BCUT2D eigenvalue weighted by atomic mass is 16.6. The summed E-state index contributed by atoms with van der Waals surface area (Å²) in [5.74, 6) is 3.58. The van der Waals surface area contributed by atoms with E-state index >= 15 is 0 Å². The van der Waals surface area contributed by atoms with E-state index < -0.39 is 17.5 Å². The van der Waals surface area contributed by atoms with Crippen LogP contribution < -0.4 is 0 Å². The van der Waals surface area contributed by atoms with E-state index in [-0.39, 0.29) is 13.2 Å². The van der Waals surface area contributed by atoms with Gasteiger partial charge in [0, 0.05) is 13.5 Å². The zero-order chi connectivity index (χ0) is 14.0. The molecular weight excluding hydrogens is 236 g/mol. The van der Waals surface area contributed by atoms with Gasteiger partial charge in [-0.1, -0.05) is 12.8 Å². The minimum absolute atomic E-state index is 0.138. The molecule has 0 aliphatic rings. The molecule has 0 heterocycles. The maximum atomic E-state index is 11.9. The van der Waals surface area contributed by atoms with Crippen LogP contribution in [0.25, 0.3) is 0 Å². The summed E-state index contributed by atoms with van der Waals surface area (Å²) < 4.78 is 14.6. The molecule has 0 unspecified atom stereocenters. The van der Waals surface area contributed by atoms with E-state index in [1.165, 1.54) is 7.11 Å².